The minimum absolute atomic E-state index is 0.0662. The average Bonchev–Trinajstić information content (AvgIpc) is 2.60. The number of benzene rings is 1. The lowest BCUT2D eigenvalue weighted by Gasteiger charge is -2.26. The van der Waals surface area contributed by atoms with Gasteiger partial charge >= 0.3 is 6.03 Å². The Bertz CT molecular complexity index is 676. The van der Waals surface area contributed by atoms with Crippen molar-refractivity contribution >= 4 is 6.03 Å². The maximum atomic E-state index is 12.0. The van der Waals surface area contributed by atoms with E-state index < -0.39 is 0 Å². The van der Waals surface area contributed by atoms with E-state index in [9.17, 15) is 4.79 Å². The third kappa shape index (κ3) is 3.91. The van der Waals surface area contributed by atoms with Crippen LogP contribution in [0.2, 0.25) is 0 Å². The van der Waals surface area contributed by atoms with Gasteiger partial charge in [-0.3, -0.25) is 4.98 Å². The zero-order valence-electron chi connectivity index (χ0n) is 12.9. The average molecular weight is 313 g/mol. The van der Waals surface area contributed by atoms with E-state index in [1.54, 1.807) is 19.5 Å². The molecule has 2 N–H and O–H groups in total. The number of rotatable bonds is 4. The number of carbonyl (C=O) groups excluding carboxylic acids is 1. The predicted molar refractivity (Wildman–Crippen MR) is 85.6 cm³/mol. The van der Waals surface area contributed by atoms with Gasteiger partial charge in [-0.2, -0.15) is 0 Å². The summed E-state index contributed by atoms with van der Waals surface area (Å²) in [7, 11) is 1.63. The lowest BCUT2D eigenvalue weighted by atomic mass is 10.0. The molecule has 1 aliphatic heterocycles. The van der Waals surface area contributed by atoms with Crippen molar-refractivity contribution in [3.63, 3.8) is 0 Å². The van der Waals surface area contributed by atoms with Crippen molar-refractivity contribution < 1.29 is 14.3 Å². The number of pyridine rings is 1. The molecule has 0 radical (unpaired) electrons. The van der Waals surface area contributed by atoms with E-state index in [-0.39, 0.29) is 12.1 Å². The molecular weight excluding hydrogens is 294 g/mol. The highest BCUT2D eigenvalue weighted by Gasteiger charge is 2.21. The molecule has 1 atom stereocenters. The van der Waals surface area contributed by atoms with E-state index in [0.29, 0.717) is 19.6 Å². The summed E-state index contributed by atoms with van der Waals surface area (Å²) in [6, 6.07) is 9.18. The fourth-order valence-electron chi connectivity index (χ4n) is 2.51. The van der Waals surface area contributed by atoms with Crippen LogP contribution in [0.3, 0.4) is 0 Å². The summed E-state index contributed by atoms with van der Waals surface area (Å²) in [4.78, 5) is 16.0. The fourth-order valence-corrected chi connectivity index (χ4v) is 2.51. The van der Waals surface area contributed by atoms with Crippen LogP contribution >= 0.6 is 0 Å². The Hall–Kier alpha value is -2.76. The van der Waals surface area contributed by atoms with Crippen LogP contribution in [0.15, 0.2) is 42.7 Å². The smallest absolute Gasteiger partial charge is 0.315 e. The molecule has 0 aliphatic carbocycles. The van der Waals surface area contributed by atoms with Crippen molar-refractivity contribution in [3.8, 4) is 11.5 Å². The van der Waals surface area contributed by atoms with E-state index in [1.807, 2.05) is 30.3 Å². The maximum absolute atomic E-state index is 12.0. The van der Waals surface area contributed by atoms with Gasteiger partial charge in [-0.1, -0.05) is 6.07 Å². The number of ether oxygens (including phenoxy) is 2. The van der Waals surface area contributed by atoms with Crippen molar-refractivity contribution in [2.75, 3.05) is 13.7 Å². The van der Waals surface area contributed by atoms with Gasteiger partial charge in [-0.05, 0) is 41.8 Å². The normalized spacial score (nSPS) is 16.0. The molecule has 1 aliphatic rings. The van der Waals surface area contributed by atoms with Crippen molar-refractivity contribution in [1.82, 2.24) is 15.6 Å². The molecular formula is C17H19N3O3. The van der Waals surface area contributed by atoms with E-state index in [1.165, 1.54) is 0 Å². The van der Waals surface area contributed by atoms with E-state index in [0.717, 1.165) is 22.6 Å². The van der Waals surface area contributed by atoms with Crippen molar-refractivity contribution in [1.29, 1.82) is 0 Å². The second kappa shape index (κ2) is 7.00. The lowest BCUT2D eigenvalue weighted by molar-refractivity contribution is 0.214. The quantitative estimate of drug-likeness (QED) is 0.904. The van der Waals surface area contributed by atoms with Crippen LogP contribution in [0.5, 0.6) is 11.5 Å². The number of urea groups is 1. The van der Waals surface area contributed by atoms with Gasteiger partial charge < -0.3 is 20.1 Å². The first kappa shape index (κ1) is 15.1. The second-order valence-electron chi connectivity index (χ2n) is 5.37. The molecule has 23 heavy (non-hydrogen) atoms. The molecule has 0 fully saturated rings. The second-order valence-corrected chi connectivity index (χ2v) is 5.37. The van der Waals surface area contributed by atoms with Gasteiger partial charge in [0.25, 0.3) is 0 Å². The Morgan fingerprint density at radius 2 is 2.35 bits per heavy atom. The Labute approximate surface area is 134 Å². The van der Waals surface area contributed by atoms with E-state index >= 15 is 0 Å². The van der Waals surface area contributed by atoms with Gasteiger partial charge in [-0.15, -0.1) is 0 Å². The Kier molecular flexibility index (Phi) is 4.61. The summed E-state index contributed by atoms with van der Waals surface area (Å²) in [6.07, 6.45) is 4.15. The number of hydrogen-bond donors (Lipinski definition) is 2. The maximum Gasteiger partial charge on any atom is 0.315 e. The molecule has 0 bridgehead atoms. The van der Waals surface area contributed by atoms with Crippen LogP contribution in [0, 0.1) is 0 Å². The summed E-state index contributed by atoms with van der Waals surface area (Å²) >= 11 is 0. The summed E-state index contributed by atoms with van der Waals surface area (Å²) in [5.74, 6) is 1.63. The number of nitrogens with one attached hydrogen (secondary N) is 2. The van der Waals surface area contributed by atoms with Crippen molar-refractivity contribution in [3.05, 3.63) is 53.9 Å². The number of carbonyl (C=O) groups is 1. The third-order valence-electron chi connectivity index (χ3n) is 3.69. The van der Waals surface area contributed by atoms with Gasteiger partial charge in [0.15, 0.2) is 0 Å². The summed E-state index contributed by atoms with van der Waals surface area (Å²) in [5, 5.41) is 5.75. The molecule has 0 saturated heterocycles. The minimum Gasteiger partial charge on any atom is -0.497 e. The standard InChI is InChI=1S/C17H19N3O3/c1-22-15-4-5-16-13(8-15)7-14(11-23-16)20-17(21)19-10-12-3-2-6-18-9-12/h2-6,8-9,14H,7,10-11H2,1H3,(H2,19,20,21)/t14-/m1/s1. The summed E-state index contributed by atoms with van der Waals surface area (Å²) in [6.45, 7) is 0.900. The zero-order valence-corrected chi connectivity index (χ0v) is 12.9. The number of aromatic nitrogens is 1. The molecule has 1 aromatic heterocycles. The SMILES string of the molecule is COc1ccc2c(c1)C[C@@H](NC(=O)NCc1cccnc1)CO2. The third-order valence-corrected chi connectivity index (χ3v) is 3.69. The molecule has 0 saturated carbocycles. The molecule has 0 unspecified atom stereocenters. The number of hydrogen-bond acceptors (Lipinski definition) is 4. The molecule has 2 heterocycles. The number of fused-ring (bicyclic) bond motifs is 1. The first-order valence-electron chi connectivity index (χ1n) is 7.47. The molecule has 1 aromatic carbocycles. The van der Waals surface area contributed by atoms with Gasteiger partial charge in [0, 0.05) is 18.9 Å². The van der Waals surface area contributed by atoms with Crippen molar-refractivity contribution in [2.45, 2.75) is 19.0 Å². The van der Waals surface area contributed by atoms with Gasteiger partial charge in [0.05, 0.1) is 13.2 Å². The molecule has 2 aromatic rings. The number of nitrogens with zero attached hydrogens (tertiary/aromatic N) is 1. The van der Waals surface area contributed by atoms with Crippen LogP contribution in [0.1, 0.15) is 11.1 Å². The van der Waals surface area contributed by atoms with Gasteiger partial charge in [-0.25, -0.2) is 4.79 Å². The largest absolute Gasteiger partial charge is 0.497 e. The topological polar surface area (TPSA) is 72.5 Å². The molecule has 6 nitrogen and oxygen atoms in total. The molecule has 2 amide bonds. The van der Waals surface area contributed by atoms with Crippen LogP contribution in [-0.2, 0) is 13.0 Å². The van der Waals surface area contributed by atoms with Crippen molar-refractivity contribution in [2.24, 2.45) is 0 Å². The van der Waals surface area contributed by atoms with Gasteiger partial charge in [0.1, 0.15) is 18.1 Å². The van der Waals surface area contributed by atoms with Crippen LogP contribution in [0.4, 0.5) is 4.79 Å². The predicted octanol–water partition coefficient (Wildman–Crippen LogP) is 1.89. The Morgan fingerprint density at radius 3 is 3.13 bits per heavy atom. The highest BCUT2D eigenvalue weighted by Crippen LogP contribution is 2.28. The fraction of sp³-hybridized carbons (Fsp3) is 0.294. The highest BCUT2D eigenvalue weighted by molar-refractivity contribution is 5.74. The Morgan fingerprint density at radius 1 is 1.43 bits per heavy atom. The number of amides is 2. The Balaban J connectivity index is 1.53. The summed E-state index contributed by atoms with van der Waals surface area (Å²) < 4.78 is 10.9. The van der Waals surface area contributed by atoms with Crippen LogP contribution in [0.25, 0.3) is 0 Å². The van der Waals surface area contributed by atoms with Crippen LogP contribution < -0.4 is 20.1 Å². The lowest BCUT2D eigenvalue weighted by Crippen LogP contribution is -2.47. The highest BCUT2D eigenvalue weighted by atomic mass is 16.5. The van der Waals surface area contributed by atoms with Crippen LogP contribution in [-0.4, -0.2) is 30.8 Å². The molecule has 6 heteroatoms. The molecule has 120 valence electrons. The van der Waals surface area contributed by atoms with E-state index in [2.05, 4.69) is 15.6 Å². The summed E-state index contributed by atoms with van der Waals surface area (Å²) in [5.41, 5.74) is 1.99. The molecule has 0 spiro atoms. The number of methoxy groups -OCH3 is 1. The first-order valence-corrected chi connectivity index (χ1v) is 7.47. The zero-order chi connectivity index (χ0) is 16.1. The van der Waals surface area contributed by atoms with E-state index in [4.69, 9.17) is 9.47 Å². The first-order chi connectivity index (χ1) is 11.2. The minimum atomic E-state index is -0.214. The monoisotopic (exact) mass is 313 g/mol. The van der Waals surface area contributed by atoms with Gasteiger partial charge in [0.2, 0.25) is 0 Å². The molecule has 3 rings (SSSR count).